The van der Waals surface area contributed by atoms with Gasteiger partial charge in [0.25, 0.3) is 0 Å². The molecule has 0 fully saturated rings. The van der Waals surface area contributed by atoms with E-state index in [2.05, 4.69) is 24.4 Å². The lowest BCUT2D eigenvalue weighted by Crippen LogP contribution is -2.20. The zero-order chi connectivity index (χ0) is 13.7. The maximum Gasteiger partial charge on any atom is 0.124 e. The van der Waals surface area contributed by atoms with Crippen LogP contribution in [0.15, 0.2) is 48.5 Å². The van der Waals surface area contributed by atoms with Gasteiger partial charge in [-0.25, -0.2) is 4.39 Å². The van der Waals surface area contributed by atoms with Gasteiger partial charge in [-0.3, -0.25) is 0 Å². The van der Waals surface area contributed by atoms with Gasteiger partial charge >= 0.3 is 0 Å². The molecule has 0 aliphatic heterocycles. The first kappa shape index (κ1) is 14.0. The van der Waals surface area contributed by atoms with Crippen LogP contribution >= 0.6 is 11.6 Å². The molecule has 0 bridgehead atoms. The van der Waals surface area contributed by atoms with Gasteiger partial charge in [0.1, 0.15) is 5.82 Å². The third-order valence-electron chi connectivity index (χ3n) is 3.16. The Balaban J connectivity index is 2.04. The summed E-state index contributed by atoms with van der Waals surface area (Å²) in [5.41, 5.74) is 2.17. The third-order valence-corrected chi connectivity index (χ3v) is 3.52. The molecule has 0 aliphatic rings. The first-order chi connectivity index (χ1) is 9.20. The lowest BCUT2D eigenvalue weighted by atomic mass is 10.0. The summed E-state index contributed by atoms with van der Waals surface area (Å²) >= 11 is 6.02. The molecule has 0 saturated carbocycles. The van der Waals surface area contributed by atoms with Crippen LogP contribution < -0.4 is 5.32 Å². The van der Waals surface area contributed by atoms with Crippen LogP contribution in [0.1, 0.15) is 30.5 Å². The third kappa shape index (κ3) is 3.79. The molecule has 1 N–H and O–H groups in total. The molecule has 0 saturated heterocycles. The van der Waals surface area contributed by atoms with Crippen molar-refractivity contribution in [2.45, 2.75) is 25.9 Å². The Kier molecular flexibility index (Phi) is 4.94. The van der Waals surface area contributed by atoms with Gasteiger partial charge < -0.3 is 5.32 Å². The van der Waals surface area contributed by atoms with E-state index in [4.69, 9.17) is 11.6 Å². The highest BCUT2D eigenvalue weighted by molar-refractivity contribution is 6.31. The van der Waals surface area contributed by atoms with Gasteiger partial charge in [0.05, 0.1) is 0 Å². The molecular weight excluding hydrogens is 261 g/mol. The lowest BCUT2D eigenvalue weighted by molar-refractivity contribution is 0.518. The van der Waals surface area contributed by atoms with Crippen LogP contribution in [0.25, 0.3) is 0 Å². The highest BCUT2D eigenvalue weighted by Crippen LogP contribution is 2.20. The zero-order valence-corrected chi connectivity index (χ0v) is 11.6. The Labute approximate surface area is 118 Å². The van der Waals surface area contributed by atoms with Crippen LogP contribution in [0.2, 0.25) is 5.02 Å². The minimum atomic E-state index is -0.302. The van der Waals surface area contributed by atoms with Crippen molar-refractivity contribution in [3.63, 3.8) is 0 Å². The Bertz CT molecular complexity index is 528. The predicted molar refractivity (Wildman–Crippen MR) is 77.7 cm³/mol. The topological polar surface area (TPSA) is 12.0 Å². The minimum absolute atomic E-state index is 0.280. The molecule has 1 nitrogen and oxygen atoms in total. The van der Waals surface area contributed by atoms with Crippen molar-refractivity contribution in [1.29, 1.82) is 0 Å². The van der Waals surface area contributed by atoms with Crippen molar-refractivity contribution >= 4 is 11.6 Å². The largest absolute Gasteiger partial charge is 0.306 e. The standard InChI is InChI=1S/C16H17ClFN/c1-2-16(12-6-4-3-5-7-12)19-11-13-8-9-14(18)10-15(13)17/h3-10,16,19H,2,11H2,1H3. The fraction of sp³-hybridized carbons (Fsp3) is 0.250. The highest BCUT2D eigenvalue weighted by atomic mass is 35.5. The molecule has 0 aliphatic carbocycles. The quantitative estimate of drug-likeness (QED) is 0.834. The summed E-state index contributed by atoms with van der Waals surface area (Å²) < 4.78 is 13.0. The minimum Gasteiger partial charge on any atom is -0.306 e. The van der Waals surface area contributed by atoms with E-state index in [0.29, 0.717) is 11.6 Å². The average molecular weight is 278 g/mol. The van der Waals surface area contributed by atoms with Gasteiger partial charge in [0.15, 0.2) is 0 Å². The van der Waals surface area contributed by atoms with Crippen LogP contribution in [0, 0.1) is 5.82 Å². The maximum absolute atomic E-state index is 13.0. The number of hydrogen-bond acceptors (Lipinski definition) is 1. The molecule has 1 atom stereocenters. The van der Waals surface area contributed by atoms with Crippen LogP contribution in [0.4, 0.5) is 4.39 Å². The number of halogens is 2. The fourth-order valence-corrected chi connectivity index (χ4v) is 2.32. The Morgan fingerprint density at radius 3 is 2.53 bits per heavy atom. The molecule has 19 heavy (non-hydrogen) atoms. The van der Waals surface area contributed by atoms with E-state index < -0.39 is 0 Å². The van der Waals surface area contributed by atoms with Gasteiger partial charge in [0, 0.05) is 17.6 Å². The fourth-order valence-electron chi connectivity index (χ4n) is 2.08. The van der Waals surface area contributed by atoms with Crippen molar-refractivity contribution < 1.29 is 4.39 Å². The molecule has 0 spiro atoms. The lowest BCUT2D eigenvalue weighted by Gasteiger charge is -2.18. The smallest absolute Gasteiger partial charge is 0.124 e. The summed E-state index contributed by atoms with van der Waals surface area (Å²) in [6, 6.07) is 15.1. The van der Waals surface area contributed by atoms with E-state index in [1.54, 1.807) is 6.07 Å². The SMILES string of the molecule is CCC(NCc1ccc(F)cc1Cl)c1ccccc1. The summed E-state index contributed by atoms with van der Waals surface area (Å²) in [4.78, 5) is 0. The van der Waals surface area contributed by atoms with E-state index in [9.17, 15) is 4.39 Å². The molecular formula is C16H17ClFN. The first-order valence-electron chi connectivity index (χ1n) is 6.43. The molecule has 2 aromatic rings. The second-order valence-electron chi connectivity index (χ2n) is 4.49. The summed E-state index contributed by atoms with van der Waals surface area (Å²) in [5.74, 6) is -0.302. The maximum atomic E-state index is 13.0. The average Bonchev–Trinajstić information content (AvgIpc) is 2.43. The zero-order valence-electron chi connectivity index (χ0n) is 10.9. The van der Waals surface area contributed by atoms with E-state index in [1.165, 1.54) is 17.7 Å². The summed E-state index contributed by atoms with van der Waals surface area (Å²) in [7, 11) is 0. The molecule has 0 heterocycles. The number of benzene rings is 2. The van der Waals surface area contributed by atoms with Crippen LogP contribution in [0.3, 0.4) is 0 Å². The van der Waals surface area contributed by atoms with E-state index >= 15 is 0 Å². The van der Waals surface area contributed by atoms with Crippen LogP contribution in [-0.2, 0) is 6.54 Å². The summed E-state index contributed by atoms with van der Waals surface area (Å²) in [6.07, 6.45) is 0.989. The summed E-state index contributed by atoms with van der Waals surface area (Å²) in [6.45, 7) is 2.77. The second kappa shape index (κ2) is 6.69. The molecule has 2 rings (SSSR count). The molecule has 0 amide bonds. The van der Waals surface area contributed by atoms with Crippen molar-refractivity contribution in [1.82, 2.24) is 5.32 Å². The molecule has 0 aromatic heterocycles. The Morgan fingerprint density at radius 1 is 1.16 bits per heavy atom. The number of hydrogen-bond donors (Lipinski definition) is 1. The molecule has 3 heteroatoms. The van der Waals surface area contributed by atoms with Crippen LogP contribution in [-0.4, -0.2) is 0 Å². The van der Waals surface area contributed by atoms with Gasteiger partial charge in [-0.05, 0) is 29.7 Å². The molecule has 0 radical (unpaired) electrons. The van der Waals surface area contributed by atoms with Gasteiger partial charge in [-0.2, -0.15) is 0 Å². The van der Waals surface area contributed by atoms with Crippen molar-refractivity contribution in [3.05, 3.63) is 70.5 Å². The van der Waals surface area contributed by atoms with Gasteiger partial charge in [0.2, 0.25) is 0 Å². The Hall–Kier alpha value is -1.38. The molecule has 1 unspecified atom stereocenters. The number of rotatable bonds is 5. The van der Waals surface area contributed by atoms with Crippen LogP contribution in [0.5, 0.6) is 0 Å². The van der Waals surface area contributed by atoms with Crippen molar-refractivity contribution in [2.24, 2.45) is 0 Å². The summed E-state index contributed by atoms with van der Waals surface area (Å²) in [5, 5.41) is 3.92. The van der Waals surface area contributed by atoms with Gasteiger partial charge in [-0.15, -0.1) is 0 Å². The van der Waals surface area contributed by atoms with E-state index in [1.807, 2.05) is 18.2 Å². The normalized spacial score (nSPS) is 12.4. The van der Waals surface area contributed by atoms with E-state index in [0.717, 1.165) is 12.0 Å². The monoisotopic (exact) mass is 277 g/mol. The Morgan fingerprint density at radius 2 is 1.89 bits per heavy atom. The van der Waals surface area contributed by atoms with Gasteiger partial charge in [-0.1, -0.05) is 54.9 Å². The highest BCUT2D eigenvalue weighted by Gasteiger charge is 2.09. The van der Waals surface area contributed by atoms with Crippen molar-refractivity contribution in [3.8, 4) is 0 Å². The molecule has 2 aromatic carbocycles. The number of nitrogens with one attached hydrogen (secondary N) is 1. The van der Waals surface area contributed by atoms with Crippen molar-refractivity contribution in [2.75, 3.05) is 0 Å². The predicted octanol–water partition coefficient (Wildman–Crippen LogP) is 4.72. The molecule has 100 valence electrons. The van der Waals surface area contributed by atoms with E-state index in [-0.39, 0.29) is 11.9 Å². The second-order valence-corrected chi connectivity index (χ2v) is 4.90. The first-order valence-corrected chi connectivity index (χ1v) is 6.80.